The Morgan fingerprint density at radius 2 is 2.00 bits per heavy atom. The van der Waals surface area contributed by atoms with E-state index in [4.69, 9.17) is 44.3 Å². The summed E-state index contributed by atoms with van der Waals surface area (Å²) in [5.41, 5.74) is 0.792. The molecule has 0 saturated heterocycles. The smallest absolute Gasteiger partial charge is 0.306 e. The molecule has 0 aliphatic rings. The molecule has 0 amide bonds. The van der Waals surface area contributed by atoms with E-state index >= 15 is 0 Å². The molecule has 0 bridgehead atoms. The molecule has 0 atom stereocenters. The number of hydrogen-bond donors (Lipinski definition) is 0. The quantitative estimate of drug-likeness (QED) is 0.391. The number of pyridine rings is 1. The van der Waals surface area contributed by atoms with Gasteiger partial charge in [-0.2, -0.15) is 0 Å². The maximum atomic E-state index is 11.7. The van der Waals surface area contributed by atoms with Gasteiger partial charge in [-0.15, -0.1) is 0 Å². The van der Waals surface area contributed by atoms with Crippen molar-refractivity contribution in [2.75, 3.05) is 6.61 Å². The van der Waals surface area contributed by atoms with E-state index in [0.717, 1.165) is 5.56 Å². The monoisotopic (exact) mass is 373 g/mol. The highest BCUT2D eigenvalue weighted by atomic mass is 35.5. The second-order valence-corrected chi connectivity index (χ2v) is 5.82. The lowest BCUT2D eigenvalue weighted by Gasteiger charge is -2.09. The molecular weight excluding hydrogens is 361 g/mol. The molecule has 0 radical (unpaired) electrons. The van der Waals surface area contributed by atoms with Crippen LogP contribution in [-0.4, -0.2) is 17.6 Å². The molecule has 0 aliphatic carbocycles. The van der Waals surface area contributed by atoms with Crippen LogP contribution in [0.5, 0.6) is 5.75 Å². The van der Waals surface area contributed by atoms with Crippen LogP contribution in [0.2, 0.25) is 15.2 Å². The van der Waals surface area contributed by atoms with Crippen molar-refractivity contribution in [3.63, 3.8) is 0 Å². The number of hydrogen-bond acceptors (Lipinski definition) is 4. The van der Waals surface area contributed by atoms with Crippen molar-refractivity contribution in [1.82, 2.24) is 4.98 Å². The van der Waals surface area contributed by atoms with Gasteiger partial charge in [0.15, 0.2) is 0 Å². The molecule has 0 fully saturated rings. The summed E-state index contributed by atoms with van der Waals surface area (Å²) in [6.45, 7) is 0.512. The van der Waals surface area contributed by atoms with Crippen molar-refractivity contribution < 1.29 is 14.3 Å². The van der Waals surface area contributed by atoms with Gasteiger partial charge < -0.3 is 9.47 Å². The van der Waals surface area contributed by atoms with Crippen LogP contribution in [0.25, 0.3) is 0 Å². The zero-order valence-electron chi connectivity index (χ0n) is 12.1. The highest BCUT2D eigenvalue weighted by Gasteiger charge is 2.07. The zero-order valence-corrected chi connectivity index (χ0v) is 14.4. The normalized spacial score (nSPS) is 10.4. The van der Waals surface area contributed by atoms with Gasteiger partial charge in [0.25, 0.3) is 0 Å². The topological polar surface area (TPSA) is 48.4 Å². The van der Waals surface area contributed by atoms with Crippen molar-refractivity contribution in [3.05, 3.63) is 57.3 Å². The Labute approximate surface area is 149 Å². The van der Waals surface area contributed by atoms with Crippen LogP contribution < -0.4 is 4.74 Å². The van der Waals surface area contributed by atoms with E-state index in [0.29, 0.717) is 34.0 Å². The van der Waals surface area contributed by atoms with Crippen LogP contribution in [-0.2, 0) is 16.1 Å². The highest BCUT2D eigenvalue weighted by Crippen LogP contribution is 2.31. The largest absolute Gasteiger partial charge is 0.492 e. The second-order valence-electron chi connectivity index (χ2n) is 4.65. The number of carbonyl (C=O) groups excluding carboxylic acids is 1. The number of halogens is 3. The molecular formula is C16H14Cl3NO3. The first-order chi connectivity index (χ1) is 11.1. The Morgan fingerprint density at radius 3 is 2.78 bits per heavy atom. The Morgan fingerprint density at radius 1 is 1.17 bits per heavy atom. The molecule has 0 spiro atoms. The van der Waals surface area contributed by atoms with Crippen molar-refractivity contribution in [3.8, 4) is 5.75 Å². The zero-order chi connectivity index (χ0) is 16.7. The summed E-state index contributed by atoms with van der Waals surface area (Å²) in [6.07, 6.45) is 2.32. The molecule has 0 aliphatic heterocycles. The lowest BCUT2D eigenvalue weighted by molar-refractivity contribution is -0.145. The number of esters is 1. The van der Waals surface area contributed by atoms with E-state index in [1.54, 1.807) is 36.5 Å². The minimum atomic E-state index is -0.307. The number of carbonyl (C=O) groups is 1. The first kappa shape index (κ1) is 17.9. The van der Waals surface area contributed by atoms with E-state index in [1.807, 2.05) is 0 Å². The summed E-state index contributed by atoms with van der Waals surface area (Å²) in [6, 6.07) is 8.54. The lowest BCUT2D eigenvalue weighted by Crippen LogP contribution is -2.07. The van der Waals surface area contributed by atoms with E-state index in [9.17, 15) is 4.79 Å². The van der Waals surface area contributed by atoms with Crippen LogP contribution in [0.3, 0.4) is 0 Å². The summed E-state index contributed by atoms with van der Waals surface area (Å²) in [7, 11) is 0. The molecule has 1 heterocycles. The summed E-state index contributed by atoms with van der Waals surface area (Å²) in [5, 5.41) is 1.16. The van der Waals surface area contributed by atoms with Crippen LogP contribution in [0.4, 0.5) is 0 Å². The van der Waals surface area contributed by atoms with E-state index in [-0.39, 0.29) is 19.0 Å². The summed E-state index contributed by atoms with van der Waals surface area (Å²) in [4.78, 5) is 15.5. The number of aromatic nitrogens is 1. The average molecular weight is 375 g/mol. The molecule has 7 heteroatoms. The minimum Gasteiger partial charge on any atom is -0.492 e. The van der Waals surface area contributed by atoms with Crippen molar-refractivity contribution in [1.29, 1.82) is 0 Å². The molecule has 2 rings (SSSR count). The average Bonchev–Trinajstić information content (AvgIpc) is 2.53. The Balaban J connectivity index is 1.68. The maximum Gasteiger partial charge on any atom is 0.306 e. The molecule has 23 heavy (non-hydrogen) atoms. The van der Waals surface area contributed by atoms with Gasteiger partial charge in [-0.25, -0.2) is 4.98 Å². The molecule has 1 aromatic carbocycles. The third-order valence-corrected chi connectivity index (χ3v) is 3.90. The van der Waals surface area contributed by atoms with Crippen molar-refractivity contribution in [2.24, 2.45) is 0 Å². The number of ether oxygens (including phenoxy) is 2. The van der Waals surface area contributed by atoms with Gasteiger partial charge in [-0.3, -0.25) is 4.79 Å². The molecule has 4 nitrogen and oxygen atoms in total. The lowest BCUT2D eigenvalue weighted by atomic mass is 10.3. The summed E-state index contributed by atoms with van der Waals surface area (Å²) < 4.78 is 10.6. The maximum absolute atomic E-state index is 11.7. The predicted molar refractivity (Wildman–Crippen MR) is 90.2 cm³/mol. The predicted octanol–water partition coefficient (Wildman–Crippen LogP) is 4.94. The van der Waals surface area contributed by atoms with Gasteiger partial charge in [-0.1, -0.05) is 40.9 Å². The fourth-order valence-corrected chi connectivity index (χ4v) is 2.31. The molecule has 0 N–H and O–H groups in total. The van der Waals surface area contributed by atoms with E-state index in [2.05, 4.69) is 4.98 Å². The van der Waals surface area contributed by atoms with Gasteiger partial charge in [0.2, 0.25) is 0 Å². The summed E-state index contributed by atoms with van der Waals surface area (Å²) in [5.74, 6) is 0.192. The third kappa shape index (κ3) is 5.90. The standard InChI is InChI=1S/C16H14Cl3NO3/c17-12-3-1-4-13(16(12)19)22-8-2-5-15(21)23-10-11-6-7-20-14(18)9-11/h1,3-4,6-7,9H,2,5,8,10H2. The fraction of sp³-hybridized carbons (Fsp3) is 0.250. The molecule has 1 aromatic heterocycles. The van der Waals surface area contributed by atoms with Crippen LogP contribution in [0.15, 0.2) is 36.5 Å². The van der Waals surface area contributed by atoms with E-state index < -0.39 is 0 Å². The fourth-order valence-electron chi connectivity index (χ4n) is 1.76. The molecule has 0 saturated carbocycles. The first-order valence-corrected chi connectivity index (χ1v) is 8.02. The second kappa shape index (κ2) is 8.96. The van der Waals surface area contributed by atoms with Crippen LogP contribution >= 0.6 is 34.8 Å². The minimum absolute atomic E-state index is 0.169. The Kier molecular flexibility index (Phi) is 6.96. The van der Waals surface area contributed by atoms with Crippen molar-refractivity contribution >= 4 is 40.8 Å². The van der Waals surface area contributed by atoms with Gasteiger partial charge in [0.05, 0.1) is 11.6 Å². The SMILES string of the molecule is O=C(CCCOc1cccc(Cl)c1Cl)OCc1ccnc(Cl)c1. The first-order valence-electron chi connectivity index (χ1n) is 6.89. The number of rotatable bonds is 7. The van der Waals surface area contributed by atoms with Crippen LogP contribution in [0, 0.1) is 0 Å². The molecule has 2 aromatic rings. The highest BCUT2D eigenvalue weighted by molar-refractivity contribution is 6.42. The Bertz CT molecular complexity index is 679. The summed E-state index contributed by atoms with van der Waals surface area (Å²) >= 11 is 17.6. The van der Waals surface area contributed by atoms with Gasteiger partial charge in [0, 0.05) is 12.6 Å². The third-order valence-electron chi connectivity index (χ3n) is 2.89. The number of benzene rings is 1. The van der Waals surface area contributed by atoms with Crippen LogP contribution in [0.1, 0.15) is 18.4 Å². The molecule has 122 valence electrons. The van der Waals surface area contributed by atoms with E-state index in [1.165, 1.54) is 0 Å². The van der Waals surface area contributed by atoms with Gasteiger partial charge in [-0.05, 0) is 36.2 Å². The molecule has 0 unspecified atom stereocenters. The Hall–Kier alpha value is -1.49. The van der Waals surface area contributed by atoms with Crippen molar-refractivity contribution in [2.45, 2.75) is 19.4 Å². The van der Waals surface area contributed by atoms with Gasteiger partial charge >= 0.3 is 5.97 Å². The number of nitrogens with zero attached hydrogens (tertiary/aromatic N) is 1. The van der Waals surface area contributed by atoms with Gasteiger partial charge in [0.1, 0.15) is 22.5 Å².